The molecule has 0 radical (unpaired) electrons. The summed E-state index contributed by atoms with van der Waals surface area (Å²) in [4.78, 5) is 49.2. The number of nitrogens with zero attached hydrogens (tertiary/aromatic N) is 3. The molecule has 2 fully saturated rings. The number of aliphatic hydroxyl groups excluding tert-OH is 1. The highest BCUT2D eigenvalue weighted by Crippen LogP contribution is 2.65. The molecule has 2 saturated heterocycles. The summed E-state index contributed by atoms with van der Waals surface area (Å²) in [5, 5.41) is 11.7. The number of thioether (sulfide) groups is 1. The minimum Gasteiger partial charge on any atom is -0.396 e. The number of benzene rings is 3. The van der Waals surface area contributed by atoms with E-state index in [1.165, 1.54) is 0 Å². The maximum Gasteiger partial charge on any atom is 0.251 e. The third-order valence-electron chi connectivity index (χ3n) is 9.71. The van der Waals surface area contributed by atoms with E-state index in [2.05, 4.69) is 19.1 Å². The van der Waals surface area contributed by atoms with E-state index in [0.717, 1.165) is 22.0 Å². The molecule has 1 spiro atoms. The molecule has 4 aliphatic rings. The van der Waals surface area contributed by atoms with Gasteiger partial charge in [-0.1, -0.05) is 85.0 Å². The van der Waals surface area contributed by atoms with Crippen molar-refractivity contribution < 1.29 is 19.5 Å². The Morgan fingerprint density at radius 3 is 2.36 bits per heavy atom. The topological polar surface area (TPSA) is 81.2 Å². The van der Waals surface area contributed by atoms with E-state index in [1.807, 2.05) is 89.8 Å². The lowest BCUT2D eigenvalue weighted by Gasteiger charge is -2.37. The maximum atomic E-state index is 14.8. The number of rotatable bonds is 7. The van der Waals surface area contributed by atoms with Gasteiger partial charge in [0.2, 0.25) is 11.8 Å². The molecule has 226 valence electrons. The number of carbonyl (C=O) groups is 3. The van der Waals surface area contributed by atoms with Gasteiger partial charge in [-0.05, 0) is 48.2 Å². The van der Waals surface area contributed by atoms with E-state index >= 15 is 0 Å². The highest BCUT2D eigenvalue weighted by Gasteiger charge is 2.73. The van der Waals surface area contributed by atoms with Gasteiger partial charge in [-0.2, -0.15) is 0 Å². The van der Waals surface area contributed by atoms with Gasteiger partial charge in [-0.25, -0.2) is 0 Å². The minimum absolute atomic E-state index is 0.0194. The van der Waals surface area contributed by atoms with Gasteiger partial charge in [0.1, 0.15) is 6.04 Å². The largest absolute Gasteiger partial charge is 0.396 e. The molecule has 1 N–H and O–H groups in total. The van der Waals surface area contributed by atoms with Crippen LogP contribution in [0.25, 0.3) is 10.8 Å². The highest BCUT2D eigenvalue weighted by molar-refractivity contribution is 8.02. The van der Waals surface area contributed by atoms with Crippen LogP contribution in [0.15, 0.2) is 97.1 Å². The lowest BCUT2D eigenvalue weighted by atomic mass is 9.74. The Morgan fingerprint density at radius 1 is 0.818 bits per heavy atom. The average molecular weight is 608 g/mol. The van der Waals surface area contributed by atoms with Crippen molar-refractivity contribution in [1.29, 1.82) is 0 Å². The molecular weight excluding hydrogens is 570 g/mol. The Bertz CT molecular complexity index is 1670. The van der Waals surface area contributed by atoms with Gasteiger partial charge in [-0.15, -0.1) is 11.8 Å². The molecule has 7 nitrogen and oxygen atoms in total. The third kappa shape index (κ3) is 4.58. The van der Waals surface area contributed by atoms with Crippen molar-refractivity contribution in [2.45, 2.75) is 41.8 Å². The molecule has 0 saturated carbocycles. The van der Waals surface area contributed by atoms with E-state index < -0.39 is 27.4 Å². The number of carbonyl (C=O) groups excluding carboxylic acids is 3. The molecule has 3 aromatic rings. The van der Waals surface area contributed by atoms with Gasteiger partial charge in [0.25, 0.3) is 5.91 Å². The van der Waals surface area contributed by atoms with Gasteiger partial charge < -0.3 is 19.8 Å². The Labute approximate surface area is 262 Å². The summed E-state index contributed by atoms with van der Waals surface area (Å²) < 4.78 is -1.55. The number of likely N-dealkylation sites (tertiary alicyclic amines) is 1. The van der Waals surface area contributed by atoms with E-state index in [9.17, 15) is 19.5 Å². The number of anilines is 1. The summed E-state index contributed by atoms with van der Waals surface area (Å²) in [5.74, 6) is -1.61. The van der Waals surface area contributed by atoms with Gasteiger partial charge in [-0.3, -0.25) is 14.4 Å². The third-order valence-corrected chi connectivity index (χ3v) is 11.5. The number of hydrogen-bond acceptors (Lipinski definition) is 5. The molecule has 0 aromatic heterocycles. The van der Waals surface area contributed by atoms with E-state index in [-0.39, 0.29) is 24.3 Å². The van der Waals surface area contributed by atoms with E-state index in [4.69, 9.17) is 0 Å². The second-order valence-corrected chi connectivity index (χ2v) is 14.2. The zero-order valence-corrected chi connectivity index (χ0v) is 25.7. The van der Waals surface area contributed by atoms with E-state index in [1.54, 1.807) is 21.6 Å². The zero-order chi connectivity index (χ0) is 30.5. The molecule has 7 rings (SSSR count). The van der Waals surface area contributed by atoms with E-state index in [0.29, 0.717) is 39.0 Å². The number of hydrogen-bond donors (Lipinski definition) is 1. The standard InChI is InChI=1S/C36H37N3O4S/c1-35-17-9-19-37(24-25-11-3-2-4-12-25)32(41)29(35)30-33(42)39(20-7-8-22-40)31-34(43)38(21-10-18-36(30,31)44-35)28-16-15-26-13-5-6-14-27(26)23-28/h2-6,9-18,23,29-31,40H,7-8,19-22,24H2,1H3/t29-,30+,31?,35+,36+/m1/s1. The Kier molecular flexibility index (Phi) is 7.37. The summed E-state index contributed by atoms with van der Waals surface area (Å²) in [5.41, 5.74) is 1.82. The Hall–Kier alpha value is -3.88. The van der Waals surface area contributed by atoms with Crippen molar-refractivity contribution in [3.63, 3.8) is 0 Å². The Morgan fingerprint density at radius 2 is 1.57 bits per heavy atom. The second-order valence-electron chi connectivity index (χ2n) is 12.4. The van der Waals surface area contributed by atoms with Crippen LogP contribution < -0.4 is 4.90 Å². The molecule has 4 aliphatic heterocycles. The molecule has 44 heavy (non-hydrogen) atoms. The van der Waals surface area contributed by atoms with Crippen molar-refractivity contribution >= 4 is 45.9 Å². The van der Waals surface area contributed by atoms with Crippen LogP contribution in [0.2, 0.25) is 0 Å². The van der Waals surface area contributed by atoms with Crippen molar-refractivity contribution in [3.8, 4) is 0 Å². The number of fused-ring (bicyclic) bond motifs is 3. The summed E-state index contributed by atoms with van der Waals surface area (Å²) in [6, 6.07) is 23.3. The minimum atomic E-state index is -0.895. The van der Waals surface area contributed by atoms with Crippen molar-refractivity contribution in [2.24, 2.45) is 11.8 Å². The quantitative estimate of drug-likeness (QED) is 0.308. The molecule has 0 aliphatic carbocycles. The number of aliphatic hydroxyl groups is 1. The second kappa shape index (κ2) is 11.2. The summed E-state index contributed by atoms with van der Waals surface area (Å²) in [6.07, 6.45) is 9.35. The molecule has 3 amide bonds. The monoisotopic (exact) mass is 607 g/mol. The predicted octanol–water partition coefficient (Wildman–Crippen LogP) is 4.80. The van der Waals surface area contributed by atoms with Gasteiger partial charge in [0.15, 0.2) is 0 Å². The predicted molar refractivity (Wildman–Crippen MR) is 174 cm³/mol. The van der Waals surface area contributed by atoms with Crippen LogP contribution in [-0.2, 0) is 20.9 Å². The molecule has 8 heteroatoms. The smallest absolute Gasteiger partial charge is 0.251 e. The molecule has 4 heterocycles. The lowest BCUT2D eigenvalue weighted by molar-refractivity contribution is -0.144. The van der Waals surface area contributed by atoms with Gasteiger partial charge >= 0.3 is 0 Å². The van der Waals surface area contributed by atoms with Crippen LogP contribution in [0.1, 0.15) is 25.3 Å². The molecule has 3 aromatic carbocycles. The maximum absolute atomic E-state index is 14.8. The number of unbranched alkanes of at least 4 members (excludes halogenated alkanes) is 1. The summed E-state index contributed by atoms with van der Waals surface area (Å²) in [6.45, 7) is 3.75. The van der Waals surface area contributed by atoms with Crippen LogP contribution in [0, 0.1) is 11.8 Å². The fraction of sp³-hybridized carbons (Fsp3) is 0.361. The van der Waals surface area contributed by atoms with Crippen LogP contribution in [0.3, 0.4) is 0 Å². The fourth-order valence-electron chi connectivity index (χ4n) is 7.73. The highest BCUT2D eigenvalue weighted by atomic mass is 32.2. The molecular formula is C36H37N3O4S. The number of amides is 3. The summed E-state index contributed by atoms with van der Waals surface area (Å²) in [7, 11) is 0. The van der Waals surface area contributed by atoms with Crippen molar-refractivity contribution in [1.82, 2.24) is 9.80 Å². The van der Waals surface area contributed by atoms with Gasteiger partial charge in [0, 0.05) is 43.2 Å². The molecule has 1 unspecified atom stereocenters. The first-order valence-electron chi connectivity index (χ1n) is 15.5. The first-order chi connectivity index (χ1) is 21.4. The Balaban J connectivity index is 1.29. The van der Waals surface area contributed by atoms with Crippen LogP contribution in [-0.4, -0.2) is 74.4 Å². The van der Waals surface area contributed by atoms with Crippen LogP contribution in [0.5, 0.6) is 0 Å². The van der Waals surface area contributed by atoms with Crippen molar-refractivity contribution in [3.05, 3.63) is 103 Å². The first kappa shape index (κ1) is 28.9. The fourth-order valence-corrected chi connectivity index (χ4v) is 9.89. The first-order valence-corrected chi connectivity index (χ1v) is 16.3. The molecule has 0 bridgehead atoms. The van der Waals surface area contributed by atoms with Gasteiger partial charge in [0.05, 0.1) is 16.6 Å². The lowest BCUT2D eigenvalue weighted by Crippen LogP contribution is -2.53. The molecule has 5 atom stereocenters. The average Bonchev–Trinajstić information content (AvgIpc) is 3.30. The SMILES string of the molecule is C[C@]12C=CCN(Cc3ccccc3)C(=O)[C@H]1[C@H]1C(=O)N(CCCCO)C3C(=O)N(c4ccc5ccccc5c4)CC=C[C@@]31S2. The van der Waals surface area contributed by atoms with Crippen LogP contribution in [0.4, 0.5) is 5.69 Å². The van der Waals surface area contributed by atoms with Crippen molar-refractivity contribution in [2.75, 3.05) is 31.1 Å². The zero-order valence-electron chi connectivity index (χ0n) is 24.8. The summed E-state index contributed by atoms with van der Waals surface area (Å²) >= 11 is 1.61. The van der Waals surface area contributed by atoms with Crippen LogP contribution >= 0.6 is 11.8 Å². The normalized spacial score (nSPS) is 29.5.